The molecule has 3 rings (SSSR count). The van der Waals surface area contributed by atoms with Crippen molar-refractivity contribution in [1.82, 2.24) is 5.32 Å². The van der Waals surface area contributed by atoms with Crippen molar-refractivity contribution < 1.29 is 23.8 Å². The first-order valence-corrected chi connectivity index (χ1v) is 10.7. The predicted molar refractivity (Wildman–Crippen MR) is 127 cm³/mol. The van der Waals surface area contributed by atoms with Gasteiger partial charge in [0, 0.05) is 13.1 Å². The maximum atomic E-state index is 13.6. The number of methoxy groups -OCH3 is 1. The molecule has 1 unspecified atom stereocenters. The number of esters is 1. The van der Waals surface area contributed by atoms with E-state index in [0.717, 1.165) is 5.56 Å². The van der Waals surface area contributed by atoms with Crippen molar-refractivity contribution in [1.29, 1.82) is 0 Å². The Morgan fingerprint density at radius 1 is 1.09 bits per heavy atom. The van der Waals surface area contributed by atoms with E-state index in [1.54, 1.807) is 49.4 Å². The van der Waals surface area contributed by atoms with E-state index in [1.807, 2.05) is 30.3 Å². The first-order chi connectivity index (χ1) is 16.0. The lowest BCUT2D eigenvalue weighted by Crippen LogP contribution is -2.31. The lowest BCUT2D eigenvalue weighted by Gasteiger charge is -2.14. The molecule has 3 aromatic rings. The van der Waals surface area contributed by atoms with E-state index in [1.165, 1.54) is 13.2 Å². The smallest absolute Gasteiger partial charge is 0.338 e. The summed E-state index contributed by atoms with van der Waals surface area (Å²) in [7, 11) is 1.32. The molecule has 0 saturated carbocycles. The monoisotopic (exact) mass is 449 g/mol. The number of benzene rings is 3. The fourth-order valence-corrected chi connectivity index (χ4v) is 3.26. The van der Waals surface area contributed by atoms with Crippen LogP contribution in [0.25, 0.3) is 11.6 Å². The SMILES string of the molecule is COC(=O)/C(=C/c1ccc(F)c(C)c1)c1ccc(OCC(O)CNCc2ccccc2)cc1. The molecule has 0 aliphatic rings. The summed E-state index contributed by atoms with van der Waals surface area (Å²) in [6, 6.07) is 21.5. The molecule has 0 heterocycles. The van der Waals surface area contributed by atoms with Gasteiger partial charge in [0.2, 0.25) is 0 Å². The van der Waals surface area contributed by atoms with E-state index in [0.29, 0.717) is 41.1 Å². The third-order valence-corrected chi connectivity index (χ3v) is 5.06. The second-order valence-corrected chi connectivity index (χ2v) is 7.66. The molecular weight excluding hydrogens is 421 g/mol. The quantitative estimate of drug-likeness (QED) is 0.273. The van der Waals surface area contributed by atoms with Crippen LogP contribution < -0.4 is 10.1 Å². The topological polar surface area (TPSA) is 67.8 Å². The minimum Gasteiger partial charge on any atom is -0.491 e. The summed E-state index contributed by atoms with van der Waals surface area (Å²) in [6.07, 6.45) is 0.997. The van der Waals surface area contributed by atoms with E-state index in [-0.39, 0.29) is 12.4 Å². The van der Waals surface area contributed by atoms with Gasteiger partial charge in [0.1, 0.15) is 24.3 Å². The summed E-state index contributed by atoms with van der Waals surface area (Å²) in [5, 5.41) is 13.4. The number of ether oxygens (including phenoxy) is 2. The average Bonchev–Trinajstić information content (AvgIpc) is 2.84. The Morgan fingerprint density at radius 2 is 1.82 bits per heavy atom. The van der Waals surface area contributed by atoms with Gasteiger partial charge in [-0.25, -0.2) is 9.18 Å². The highest BCUT2D eigenvalue weighted by atomic mass is 19.1. The van der Waals surface area contributed by atoms with Crippen molar-refractivity contribution in [3.05, 3.63) is 101 Å². The lowest BCUT2D eigenvalue weighted by atomic mass is 10.0. The van der Waals surface area contributed by atoms with Gasteiger partial charge in [-0.1, -0.05) is 48.5 Å². The number of aliphatic hydroxyl groups is 1. The molecule has 33 heavy (non-hydrogen) atoms. The van der Waals surface area contributed by atoms with Gasteiger partial charge in [-0.2, -0.15) is 0 Å². The van der Waals surface area contributed by atoms with Gasteiger partial charge in [0.25, 0.3) is 0 Å². The summed E-state index contributed by atoms with van der Waals surface area (Å²) in [5.74, 6) is -0.223. The van der Waals surface area contributed by atoms with Crippen LogP contribution in [0.3, 0.4) is 0 Å². The Balaban J connectivity index is 1.59. The van der Waals surface area contributed by atoms with Crippen LogP contribution in [0.2, 0.25) is 0 Å². The zero-order valence-electron chi connectivity index (χ0n) is 18.8. The number of carbonyl (C=O) groups is 1. The number of hydrogen-bond acceptors (Lipinski definition) is 5. The fraction of sp³-hybridized carbons (Fsp3) is 0.222. The first kappa shape index (κ1) is 24.2. The fourth-order valence-electron chi connectivity index (χ4n) is 3.26. The third-order valence-electron chi connectivity index (χ3n) is 5.06. The molecule has 0 aliphatic carbocycles. The minimum absolute atomic E-state index is 0.135. The Hall–Kier alpha value is -3.48. The van der Waals surface area contributed by atoms with Crippen molar-refractivity contribution in [2.75, 3.05) is 20.3 Å². The van der Waals surface area contributed by atoms with Crippen molar-refractivity contribution >= 4 is 17.6 Å². The summed E-state index contributed by atoms with van der Waals surface area (Å²) in [5.41, 5.74) is 3.32. The molecule has 0 spiro atoms. The first-order valence-electron chi connectivity index (χ1n) is 10.7. The van der Waals surface area contributed by atoms with Gasteiger partial charge in [0.15, 0.2) is 0 Å². The van der Waals surface area contributed by atoms with E-state index >= 15 is 0 Å². The van der Waals surface area contributed by atoms with E-state index in [9.17, 15) is 14.3 Å². The number of nitrogens with one attached hydrogen (secondary N) is 1. The van der Waals surface area contributed by atoms with Gasteiger partial charge in [-0.3, -0.25) is 0 Å². The van der Waals surface area contributed by atoms with Gasteiger partial charge in [-0.15, -0.1) is 0 Å². The zero-order valence-corrected chi connectivity index (χ0v) is 18.8. The van der Waals surface area contributed by atoms with Crippen molar-refractivity contribution in [3.8, 4) is 5.75 Å². The standard InChI is InChI=1S/C27H28FNO4/c1-19-14-21(8-13-26(19)28)15-25(27(31)32-2)22-9-11-24(12-10-22)33-18-23(30)17-29-16-20-6-4-3-5-7-20/h3-15,23,29-30H,16-18H2,1-2H3/b25-15+. The van der Waals surface area contributed by atoms with Crippen LogP contribution in [0.1, 0.15) is 22.3 Å². The number of aryl methyl sites for hydroxylation is 1. The largest absolute Gasteiger partial charge is 0.491 e. The van der Waals surface area contributed by atoms with Crippen LogP contribution in [-0.2, 0) is 16.1 Å². The molecule has 0 saturated heterocycles. The summed E-state index contributed by atoms with van der Waals surface area (Å²) in [4.78, 5) is 12.3. The number of halogens is 1. The van der Waals surface area contributed by atoms with E-state index < -0.39 is 12.1 Å². The van der Waals surface area contributed by atoms with E-state index in [2.05, 4.69) is 5.32 Å². The Labute approximate surface area is 193 Å². The number of carbonyl (C=O) groups excluding carboxylic acids is 1. The lowest BCUT2D eigenvalue weighted by molar-refractivity contribution is -0.133. The molecule has 2 N–H and O–H groups in total. The van der Waals surface area contributed by atoms with Crippen LogP contribution >= 0.6 is 0 Å². The highest BCUT2D eigenvalue weighted by Crippen LogP contribution is 2.23. The summed E-state index contributed by atoms with van der Waals surface area (Å²) in [6.45, 7) is 2.88. The molecule has 6 heteroatoms. The molecular formula is C27H28FNO4. The predicted octanol–water partition coefficient (Wildman–Crippen LogP) is 4.38. The molecule has 0 aliphatic heterocycles. The van der Waals surface area contributed by atoms with Crippen molar-refractivity contribution in [3.63, 3.8) is 0 Å². The van der Waals surface area contributed by atoms with E-state index in [4.69, 9.17) is 9.47 Å². The average molecular weight is 450 g/mol. The van der Waals surface area contributed by atoms with Gasteiger partial charge < -0.3 is 19.9 Å². The number of rotatable bonds is 10. The molecule has 0 fully saturated rings. The molecule has 1 atom stereocenters. The third kappa shape index (κ3) is 7.27. The Morgan fingerprint density at radius 3 is 2.48 bits per heavy atom. The molecule has 172 valence electrons. The Kier molecular flexibility index (Phi) is 8.75. The molecule has 0 bridgehead atoms. The number of aliphatic hydroxyl groups excluding tert-OH is 1. The maximum Gasteiger partial charge on any atom is 0.338 e. The highest BCUT2D eigenvalue weighted by Gasteiger charge is 2.14. The molecule has 5 nitrogen and oxygen atoms in total. The highest BCUT2D eigenvalue weighted by molar-refractivity contribution is 6.21. The summed E-state index contributed by atoms with van der Waals surface area (Å²) >= 11 is 0. The second kappa shape index (κ2) is 11.9. The van der Waals surface area contributed by atoms with Crippen molar-refractivity contribution in [2.24, 2.45) is 0 Å². The van der Waals surface area contributed by atoms with Crippen molar-refractivity contribution in [2.45, 2.75) is 19.6 Å². The molecule has 3 aromatic carbocycles. The van der Waals surface area contributed by atoms with Crippen LogP contribution in [0.15, 0.2) is 72.8 Å². The van der Waals surface area contributed by atoms with Crippen LogP contribution in [0.4, 0.5) is 4.39 Å². The summed E-state index contributed by atoms with van der Waals surface area (Å²) < 4.78 is 24.1. The van der Waals surface area contributed by atoms with Crippen LogP contribution in [0.5, 0.6) is 5.75 Å². The second-order valence-electron chi connectivity index (χ2n) is 7.66. The van der Waals surface area contributed by atoms with Crippen LogP contribution in [-0.4, -0.2) is 37.4 Å². The van der Waals surface area contributed by atoms with Crippen LogP contribution in [0, 0.1) is 12.7 Å². The van der Waals surface area contributed by atoms with Gasteiger partial charge in [-0.05, 0) is 59.5 Å². The normalized spacial score (nSPS) is 12.3. The maximum absolute atomic E-state index is 13.6. The minimum atomic E-state index is -0.666. The molecule has 0 radical (unpaired) electrons. The van der Waals surface area contributed by atoms with Gasteiger partial charge >= 0.3 is 5.97 Å². The molecule has 0 amide bonds. The Bertz CT molecular complexity index is 1080. The zero-order chi connectivity index (χ0) is 23.6. The molecule has 0 aromatic heterocycles. The number of hydrogen-bond donors (Lipinski definition) is 2. The van der Waals surface area contributed by atoms with Gasteiger partial charge in [0.05, 0.1) is 12.7 Å².